The molecule has 49 valence electrons. The molecule has 1 radical (unpaired) electrons. The van der Waals surface area contributed by atoms with Crippen molar-refractivity contribution in [2.24, 2.45) is 0 Å². The van der Waals surface area contributed by atoms with Gasteiger partial charge >= 0.3 is 0 Å². The van der Waals surface area contributed by atoms with Crippen LogP contribution in [0.5, 0.6) is 0 Å². The Morgan fingerprint density at radius 3 is 1.80 bits per heavy atom. The summed E-state index contributed by atoms with van der Waals surface area (Å²) in [6.45, 7) is 1.91. The normalized spacial score (nSPS) is 8.50. The molecule has 0 aliphatic rings. The molecule has 0 aliphatic carbocycles. The first kappa shape index (κ1) is 9.82. The zero-order valence-corrected chi connectivity index (χ0v) is 8.39. The van der Waals surface area contributed by atoms with Gasteiger partial charge in [0.1, 0.15) is 0 Å². The number of rotatable bonds is 0. The average molecular weight is 145 g/mol. The molecule has 3 heteroatoms. The Kier molecular flexibility index (Phi) is 3.79. The molecule has 1 aromatic carbocycles. The second-order valence-electron chi connectivity index (χ2n) is 2.06. The SMILES string of the molecule is Cc1c(N)cccc1N.[Na]. The van der Waals surface area contributed by atoms with Gasteiger partial charge in [0.25, 0.3) is 0 Å². The molecule has 0 atom stereocenters. The van der Waals surface area contributed by atoms with Gasteiger partial charge in [-0.2, -0.15) is 0 Å². The monoisotopic (exact) mass is 145 g/mol. The van der Waals surface area contributed by atoms with Crippen LogP contribution in [0.4, 0.5) is 11.4 Å². The average Bonchev–Trinajstić information content (AvgIpc) is 1.83. The van der Waals surface area contributed by atoms with Gasteiger partial charge in [-0.15, -0.1) is 0 Å². The molecule has 2 nitrogen and oxygen atoms in total. The minimum absolute atomic E-state index is 0. The van der Waals surface area contributed by atoms with Crippen LogP contribution in [0.1, 0.15) is 5.56 Å². The van der Waals surface area contributed by atoms with Crippen LogP contribution >= 0.6 is 0 Å². The second kappa shape index (κ2) is 3.86. The van der Waals surface area contributed by atoms with Crippen LogP contribution in [-0.2, 0) is 0 Å². The van der Waals surface area contributed by atoms with Gasteiger partial charge in [0.2, 0.25) is 0 Å². The molecular weight excluding hydrogens is 135 g/mol. The van der Waals surface area contributed by atoms with Crippen molar-refractivity contribution in [2.75, 3.05) is 11.5 Å². The molecule has 0 spiro atoms. The molecule has 0 bridgehead atoms. The summed E-state index contributed by atoms with van der Waals surface area (Å²) in [6, 6.07) is 5.52. The molecule has 0 heterocycles. The number of benzene rings is 1. The summed E-state index contributed by atoms with van der Waals surface area (Å²) in [7, 11) is 0. The van der Waals surface area contributed by atoms with E-state index in [0.29, 0.717) is 0 Å². The molecule has 0 saturated carbocycles. The minimum Gasteiger partial charge on any atom is -0.398 e. The van der Waals surface area contributed by atoms with Gasteiger partial charge in [-0.1, -0.05) is 6.07 Å². The third-order valence-corrected chi connectivity index (χ3v) is 1.42. The zero-order valence-electron chi connectivity index (χ0n) is 6.39. The summed E-state index contributed by atoms with van der Waals surface area (Å²) < 4.78 is 0. The molecule has 4 N–H and O–H groups in total. The van der Waals surface area contributed by atoms with Crippen molar-refractivity contribution in [1.29, 1.82) is 0 Å². The Bertz CT molecular complexity index is 203. The molecular formula is C7H10N2Na. The first-order valence-corrected chi connectivity index (χ1v) is 2.82. The van der Waals surface area contributed by atoms with Gasteiger partial charge in [0.05, 0.1) is 0 Å². The summed E-state index contributed by atoms with van der Waals surface area (Å²) in [5.74, 6) is 0. The molecule has 0 amide bonds. The zero-order chi connectivity index (χ0) is 6.85. The van der Waals surface area contributed by atoms with Crippen molar-refractivity contribution in [3.8, 4) is 0 Å². The smallest absolute Gasteiger partial charge is 0.0364 e. The van der Waals surface area contributed by atoms with Crippen molar-refractivity contribution in [3.05, 3.63) is 23.8 Å². The van der Waals surface area contributed by atoms with Crippen molar-refractivity contribution < 1.29 is 0 Å². The largest absolute Gasteiger partial charge is 0.398 e. The van der Waals surface area contributed by atoms with E-state index in [1.54, 1.807) is 0 Å². The van der Waals surface area contributed by atoms with Crippen LogP contribution in [0.3, 0.4) is 0 Å². The Morgan fingerprint density at radius 1 is 1.10 bits per heavy atom. The van der Waals surface area contributed by atoms with E-state index in [1.807, 2.05) is 25.1 Å². The maximum atomic E-state index is 5.54. The first-order valence-electron chi connectivity index (χ1n) is 2.82. The van der Waals surface area contributed by atoms with E-state index in [1.165, 1.54) is 0 Å². The minimum atomic E-state index is 0. The van der Waals surface area contributed by atoms with E-state index in [0.717, 1.165) is 16.9 Å². The fraction of sp³-hybridized carbons (Fsp3) is 0.143. The van der Waals surface area contributed by atoms with Crippen LogP contribution in [0.15, 0.2) is 18.2 Å². The third kappa shape index (κ3) is 1.90. The van der Waals surface area contributed by atoms with Crippen molar-refractivity contribution in [1.82, 2.24) is 0 Å². The van der Waals surface area contributed by atoms with E-state index < -0.39 is 0 Å². The Hall–Kier alpha value is -0.180. The van der Waals surface area contributed by atoms with E-state index >= 15 is 0 Å². The number of hydrogen-bond acceptors (Lipinski definition) is 2. The predicted molar refractivity (Wildman–Crippen MR) is 45.8 cm³/mol. The van der Waals surface area contributed by atoms with Crippen LogP contribution in [0, 0.1) is 6.92 Å². The van der Waals surface area contributed by atoms with Crippen molar-refractivity contribution in [2.45, 2.75) is 6.92 Å². The molecule has 1 aromatic rings. The van der Waals surface area contributed by atoms with Gasteiger partial charge in [-0.25, -0.2) is 0 Å². The van der Waals surface area contributed by atoms with Crippen LogP contribution in [0.2, 0.25) is 0 Å². The van der Waals surface area contributed by atoms with Crippen LogP contribution in [0.25, 0.3) is 0 Å². The van der Waals surface area contributed by atoms with E-state index in [9.17, 15) is 0 Å². The Labute approximate surface area is 82.9 Å². The van der Waals surface area contributed by atoms with Gasteiger partial charge in [0.15, 0.2) is 0 Å². The molecule has 1 rings (SSSR count). The molecule has 0 unspecified atom stereocenters. The van der Waals surface area contributed by atoms with E-state index in [2.05, 4.69) is 0 Å². The maximum absolute atomic E-state index is 5.54. The summed E-state index contributed by atoms with van der Waals surface area (Å²) in [5.41, 5.74) is 13.6. The molecule has 10 heavy (non-hydrogen) atoms. The number of nitrogens with two attached hydrogens (primary N) is 2. The van der Waals surface area contributed by atoms with Gasteiger partial charge in [-0.05, 0) is 24.6 Å². The fourth-order valence-electron chi connectivity index (χ4n) is 0.672. The van der Waals surface area contributed by atoms with Gasteiger partial charge < -0.3 is 11.5 Å². The molecule has 0 saturated heterocycles. The summed E-state index contributed by atoms with van der Waals surface area (Å²) in [5, 5.41) is 0. The summed E-state index contributed by atoms with van der Waals surface area (Å²) in [4.78, 5) is 0. The second-order valence-corrected chi connectivity index (χ2v) is 2.06. The molecule has 0 aliphatic heterocycles. The number of nitrogen functional groups attached to an aromatic ring is 2. The number of anilines is 2. The van der Waals surface area contributed by atoms with Crippen molar-refractivity contribution >= 4 is 40.9 Å². The Morgan fingerprint density at radius 2 is 1.50 bits per heavy atom. The topological polar surface area (TPSA) is 52.0 Å². The first-order chi connectivity index (χ1) is 4.22. The molecule has 0 aromatic heterocycles. The van der Waals surface area contributed by atoms with Crippen LogP contribution < -0.4 is 11.5 Å². The van der Waals surface area contributed by atoms with E-state index in [4.69, 9.17) is 11.5 Å². The van der Waals surface area contributed by atoms with Crippen LogP contribution in [-0.4, -0.2) is 29.6 Å². The molecule has 0 fully saturated rings. The summed E-state index contributed by atoms with van der Waals surface area (Å²) in [6.07, 6.45) is 0. The third-order valence-electron chi connectivity index (χ3n) is 1.42. The maximum Gasteiger partial charge on any atom is 0.0364 e. The van der Waals surface area contributed by atoms with Gasteiger partial charge in [-0.3, -0.25) is 0 Å². The quantitative estimate of drug-likeness (QED) is 0.418. The standard InChI is InChI=1S/C7H10N2.Na/c1-5-6(8)3-2-4-7(5)9;/h2-4H,8-9H2,1H3;. The van der Waals surface area contributed by atoms with E-state index in [-0.39, 0.29) is 29.6 Å². The number of hydrogen-bond donors (Lipinski definition) is 2. The Balaban J connectivity index is 0.000000810. The van der Waals surface area contributed by atoms with Crippen molar-refractivity contribution in [3.63, 3.8) is 0 Å². The predicted octanol–water partition coefficient (Wildman–Crippen LogP) is 0.779. The summed E-state index contributed by atoms with van der Waals surface area (Å²) >= 11 is 0. The van der Waals surface area contributed by atoms with Gasteiger partial charge in [0, 0.05) is 40.9 Å². The fourth-order valence-corrected chi connectivity index (χ4v) is 0.672.